The van der Waals surface area contributed by atoms with E-state index < -0.39 is 0 Å². The Hall–Kier alpha value is -3.50. The van der Waals surface area contributed by atoms with Crippen LogP contribution in [0.3, 0.4) is 0 Å². The predicted octanol–water partition coefficient (Wildman–Crippen LogP) is 4.53. The molecule has 0 aliphatic carbocycles. The van der Waals surface area contributed by atoms with Crippen LogP contribution in [0.15, 0.2) is 65.5 Å². The number of rotatable bonds is 6. The van der Waals surface area contributed by atoms with Crippen LogP contribution in [0, 0.1) is 0 Å². The van der Waals surface area contributed by atoms with Crippen LogP contribution in [0.5, 0.6) is 0 Å². The number of benzene rings is 1. The van der Waals surface area contributed by atoms with Crippen molar-refractivity contribution in [2.45, 2.75) is 20.0 Å². The second kappa shape index (κ2) is 8.80. The Bertz CT molecular complexity index is 1470. The molecule has 0 atom stereocenters. The molecule has 0 saturated heterocycles. The fourth-order valence-corrected chi connectivity index (χ4v) is 4.17. The maximum Gasteiger partial charge on any atom is 0.277 e. The summed E-state index contributed by atoms with van der Waals surface area (Å²) in [6.07, 6.45) is 5.36. The van der Waals surface area contributed by atoms with Gasteiger partial charge in [0.1, 0.15) is 5.69 Å². The lowest BCUT2D eigenvalue weighted by atomic mass is 10.2. The molecule has 0 spiro atoms. The number of nitrogens with one attached hydrogen (secondary N) is 1. The third-order valence-electron chi connectivity index (χ3n) is 4.99. The average molecular weight is 526 g/mol. The molecule has 0 radical (unpaired) electrons. The number of carbonyl (C=O) groups excluding carboxylic acids is 1. The van der Waals surface area contributed by atoms with Gasteiger partial charge in [0.25, 0.3) is 5.91 Å². The number of aryl methyl sites for hydroxylation is 1. The third-order valence-corrected chi connectivity index (χ3v) is 5.81. The van der Waals surface area contributed by atoms with Crippen molar-refractivity contribution in [3.05, 3.63) is 81.8 Å². The zero-order chi connectivity index (χ0) is 22.9. The number of hydrogen-bond acceptors (Lipinski definition) is 5. The predicted molar refractivity (Wildman–Crippen MR) is 128 cm³/mol. The van der Waals surface area contributed by atoms with Gasteiger partial charge in [-0.3, -0.25) is 14.2 Å². The summed E-state index contributed by atoms with van der Waals surface area (Å²) in [6.45, 7) is 3.29. The van der Waals surface area contributed by atoms with Gasteiger partial charge in [-0.2, -0.15) is 15.3 Å². The number of carbonyl (C=O) groups is 1. The Morgan fingerprint density at radius 3 is 2.79 bits per heavy atom. The molecule has 0 aliphatic rings. The second-order valence-electron chi connectivity index (χ2n) is 7.29. The highest BCUT2D eigenvalue weighted by atomic mass is 79.9. The van der Waals surface area contributed by atoms with Crippen molar-refractivity contribution in [3.8, 4) is 11.4 Å². The number of aromatic nitrogens is 7. The van der Waals surface area contributed by atoms with Gasteiger partial charge in [-0.1, -0.05) is 23.7 Å². The summed E-state index contributed by atoms with van der Waals surface area (Å²) in [5.74, 6) is 0.0503. The maximum atomic E-state index is 12.9. The highest BCUT2D eigenvalue weighted by molar-refractivity contribution is 9.10. The number of halogens is 2. The highest BCUT2D eigenvalue weighted by Crippen LogP contribution is 2.27. The summed E-state index contributed by atoms with van der Waals surface area (Å²) < 4.78 is 6.00. The molecule has 5 rings (SSSR count). The monoisotopic (exact) mass is 524 g/mol. The van der Waals surface area contributed by atoms with E-state index in [4.69, 9.17) is 11.6 Å². The second-order valence-corrected chi connectivity index (χ2v) is 8.58. The van der Waals surface area contributed by atoms with Crippen LogP contribution >= 0.6 is 27.5 Å². The van der Waals surface area contributed by atoms with Crippen LogP contribution in [0.25, 0.3) is 17.0 Å². The summed E-state index contributed by atoms with van der Waals surface area (Å²) in [7, 11) is 0. The SMILES string of the molecule is CCn1cc(Br)c(-c2ccnc3cc(C(=O)Nc4ccn(Cc5cccc(Cl)c5)n4)nn23)n1. The minimum atomic E-state index is -0.377. The van der Waals surface area contributed by atoms with E-state index in [-0.39, 0.29) is 11.6 Å². The number of fused-ring (bicyclic) bond motifs is 1. The minimum absolute atomic E-state index is 0.227. The number of nitrogens with zero attached hydrogens (tertiary/aromatic N) is 7. The molecule has 9 nitrogen and oxygen atoms in total. The number of hydrogen-bond donors (Lipinski definition) is 1. The van der Waals surface area contributed by atoms with Crippen LogP contribution < -0.4 is 5.32 Å². The molecule has 0 fully saturated rings. The first-order chi connectivity index (χ1) is 16.0. The average Bonchev–Trinajstić information content (AvgIpc) is 3.51. The fourth-order valence-electron chi connectivity index (χ4n) is 3.44. The quantitative estimate of drug-likeness (QED) is 0.352. The minimum Gasteiger partial charge on any atom is -0.304 e. The van der Waals surface area contributed by atoms with Crippen LogP contribution in [0.1, 0.15) is 23.0 Å². The molecular weight excluding hydrogens is 508 g/mol. The Labute approximate surface area is 202 Å². The van der Waals surface area contributed by atoms with Gasteiger partial charge in [0.05, 0.1) is 16.7 Å². The molecule has 1 amide bonds. The molecule has 1 aromatic carbocycles. The van der Waals surface area contributed by atoms with Gasteiger partial charge in [0.15, 0.2) is 17.2 Å². The largest absolute Gasteiger partial charge is 0.304 e. The Balaban J connectivity index is 1.37. The molecule has 33 heavy (non-hydrogen) atoms. The summed E-state index contributed by atoms with van der Waals surface area (Å²) in [5.41, 5.74) is 3.23. The first kappa shape index (κ1) is 21.4. The first-order valence-electron chi connectivity index (χ1n) is 10.2. The van der Waals surface area contributed by atoms with Crippen LogP contribution in [-0.2, 0) is 13.1 Å². The zero-order valence-corrected chi connectivity index (χ0v) is 19.8. The maximum absolute atomic E-state index is 12.9. The summed E-state index contributed by atoms with van der Waals surface area (Å²) in [4.78, 5) is 17.2. The van der Waals surface area contributed by atoms with E-state index in [1.807, 2.05) is 48.1 Å². The molecule has 0 bridgehead atoms. The van der Waals surface area contributed by atoms with Gasteiger partial charge in [-0.15, -0.1) is 0 Å². The van der Waals surface area contributed by atoms with E-state index in [2.05, 4.69) is 41.5 Å². The molecule has 4 aromatic heterocycles. The van der Waals surface area contributed by atoms with E-state index in [1.165, 1.54) is 0 Å². The standard InChI is InChI=1S/C22H18BrClN8O/c1-2-30-13-16(23)21(29-30)18-6-8-25-20-11-17(27-32(18)20)22(33)26-19-7-9-31(28-19)12-14-4-3-5-15(24)10-14/h3-11,13H,2,12H2,1H3,(H,26,28,33). The Morgan fingerprint density at radius 2 is 2.00 bits per heavy atom. The van der Waals surface area contributed by atoms with Gasteiger partial charge in [0, 0.05) is 42.3 Å². The van der Waals surface area contributed by atoms with E-state index in [9.17, 15) is 4.79 Å². The molecule has 4 heterocycles. The van der Waals surface area contributed by atoms with Crippen molar-refractivity contribution < 1.29 is 4.79 Å². The lowest BCUT2D eigenvalue weighted by molar-refractivity contribution is 0.102. The van der Waals surface area contributed by atoms with Crippen molar-refractivity contribution in [1.29, 1.82) is 0 Å². The summed E-state index contributed by atoms with van der Waals surface area (Å²) >= 11 is 9.59. The van der Waals surface area contributed by atoms with Gasteiger partial charge in [-0.05, 0) is 46.6 Å². The smallest absolute Gasteiger partial charge is 0.277 e. The van der Waals surface area contributed by atoms with Gasteiger partial charge < -0.3 is 5.32 Å². The van der Waals surface area contributed by atoms with Gasteiger partial charge in [-0.25, -0.2) is 9.50 Å². The van der Waals surface area contributed by atoms with Crippen LogP contribution in [-0.4, -0.2) is 40.1 Å². The Morgan fingerprint density at radius 1 is 1.12 bits per heavy atom. The molecule has 1 N–H and O–H groups in total. The molecule has 5 aromatic rings. The zero-order valence-electron chi connectivity index (χ0n) is 17.5. The van der Waals surface area contributed by atoms with Gasteiger partial charge in [0.2, 0.25) is 0 Å². The van der Waals surface area contributed by atoms with Crippen molar-refractivity contribution in [2.75, 3.05) is 5.32 Å². The molecule has 0 unspecified atom stereocenters. The van der Waals surface area contributed by atoms with Crippen LogP contribution in [0.4, 0.5) is 5.82 Å². The number of amides is 1. The van der Waals surface area contributed by atoms with E-state index >= 15 is 0 Å². The molecular formula is C22H18BrClN8O. The molecule has 166 valence electrons. The Kier molecular flexibility index (Phi) is 5.69. The van der Waals surface area contributed by atoms with Crippen molar-refractivity contribution in [3.63, 3.8) is 0 Å². The van der Waals surface area contributed by atoms with E-state index in [0.29, 0.717) is 23.0 Å². The van der Waals surface area contributed by atoms with Crippen molar-refractivity contribution >= 4 is 44.9 Å². The highest BCUT2D eigenvalue weighted by Gasteiger charge is 2.18. The fraction of sp³-hybridized carbons (Fsp3) is 0.136. The topological polar surface area (TPSA) is 94.9 Å². The van der Waals surface area contributed by atoms with E-state index in [0.717, 1.165) is 28.0 Å². The first-order valence-corrected chi connectivity index (χ1v) is 11.3. The lowest BCUT2D eigenvalue weighted by Crippen LogP contribution is -2.13. The summed E-state index contributed by atoms with van der Waals surface area (Å²) in [5, 5.41) is 16.9. The van der Waals surface area contributed by atoms with Crippen molar-refractivity contribution in [1.82, 2.24) is 34.2 Å². The number of anilines is 1. The van der Waals surface area contributed by atoms with Gasteiger partial charge >= 0.3 is 0 Å². The van der Waals surface area contributed by atoms with Crippen molar-refractivity contribution in [2.24, 2.45) is 0 Å². The third kappa shape index (κ3) is 4.39. The molecule has 11 heteroatoms. The van der Waals surface area contributed by atoms with Crippen LogP contribution in [0.2, 0.25) is 5.02 Å². The lowest BCUT2D eigenvalue weighted by Gasteiger charge is -2.03. The molecule has 0 aliphatic heterocycles. The normalized spacial score (nSPS) is 11.2. The summed E-state index contributed by atoms with van der Waals surface area (Å²) in [6, 6.07) is 12.7. The molecule has 0 saturated carbocycles. The van der Waals surface area contributed by atoms with E-state index in [1.54, 1.807) is 33.7 Å².